The molecule has 4 aromatic heterocycles. The third-order valence-corrected chi connectivity index (χ3v) is 6.77. The molecule has 0 aliphatic carbocycles. The second-order valence-corrected chi connectivity index (χ2v) is 9.50. The van der Waals surface area contributed by atoms with Gasteiger partial charge in [-0.25, -0.2) is 33.4 Å². The molecule has 0 atom stereocenters. The van der Waals surface area contributed by atoms with Gasteiger partial charge in [0.15, 0.2) is 26.2 Å². The molecule has 0 bridgehead atoms. The smallest absolute Gasteiger partial charge is 0.312 e. The Hall–Kier alpha value is -3.59. The van der Waals surface area contributed by atoms with Gasteiger partial charge in [0.05, 0.1) is 18.4 Å². The fourth-order valence-corrected chi connectivity index (χ4v) is 4.45. The lowest BCUT2D eigenvalue weighted by atomic mass is 10.2. The molecule has 4 aromatic rings. The van der Waals surface area contributed by atoms with E-state index in [4.69, 9.17) is 0 Å². The zero-order valence-corrected chi connectivity index (χ0v) is 19.1. The quantitative estimate of drug-likeness (QED) is 0.415. The highest BCUT2D eigenvalue weighted by atomic mass is 32.2. The lowest BCUT2D eigenvalue weighted by molar-refractivity contribution is -0.137. The maximum atomic E-state index is 13.2. The van der Waals surface area contributed by atoms with Crippen LogP contribution in [0.15, 0.2) is 23.5 Å². The molecule has 0 radical (unpaired) electrons. The van der Waals surface area contributed by atoms with E-state index in [1.165, 1.54) is 31.8 Å². The van der Waals surface area contributed by atoms with Crippen LogP contribution >= 0.6 is 0 Å². The molecule has 4 rings (SSSR count). The monoisotopic (exact) mass is 497 g/mol. The largest absolute Gasteiger partial charge is 0.417 e. The molecule has 0 aliphatic rings. The number of amides is 1. The fourth-order valence-electron chi connectivity index (χ4n) is 3.47. The predicted octanol–water partition coefficient (Wildman–Crippen LogP) is 2.09. The van der Waals surface area contributed by atoms with Crippen molar-refractivity contribution in [2.24, 2.45) is 7.05 Å². The average Bonchev–Trinajstić information content (AvgIpc) is 3.31. The molecule has 180 valence electrons. The summed E-state index contributed by atoms with van der Waals surface area (Å²) in [7, 11) is -1.27. The van der Waals surface area contributed by atoms with Gasteiger partial charge in [0.2, 0.25) is 0 Å². The first-order valence-corrected chi connectivity index (χ1v) is 11.4. The summed E-state index contributed by atoms with van der Waals surface area (Å²) in [5.41, 5.74) is 1.37. The number of imidazole rings is 1. The zero-order valence-electron chi connectivity index (χ0n) is 18.3. The van der Waals surface area contributed by atoms with E-state index in [2.05, 4.69) is 30.4 Å². The first kappa shape index (κ1) is 23.6. The highest BCUT2D eigenvalue weighted by Gasteiger charge is 2.34. The number of nitrogens with one attached hydrogen (secondary N) is 1. The van der Waals surface area contributed by atoms with Crippen LogP contribution in [0.3, 0.4) is 0 Å². The number of hydrogen-bond acceptors (Lipinski definition) is 8. The molecule has 11 nitrogen and oxygen atoms in total. The summed E-state index contributed by atoms with van der Waals surface area (Å²) in [4.78, 5) is 29.6. The van der Waals surface area contributed by atoms with E-state index < -0.39 is 32.5 Å². The van der Waals surface area contributed by atoms with Gasteiger partial charge in [-0.3, -0.25) is 9.63 Å². The van der Waals surface area contributed by atoms with E-state index >= 15 is 0 Å². The molecule has 0 saturated heterocycles. The molecule has 0 unspecified atom stereocenters. The number of aryl methyl sites for hydroxylation is 2. The number of pyridine rings is 1. The Labute approximate surface area is 190 Å². The molecule has 4 heterocycles. The van der Waals surface area contributed by atoms with Crippen molar-refractivity contribution in [2.45, 2.75) is 25.0 Å². The van der Waals surface area contributed by atoms with Crippen LogP contribution in [0, 0.1) is 6.92 Å². The molecule has 0 saturated carbocycles. The Kier molecular flexibility index (Phi) is 5.56. The van der Waals surface area contributed by atoms with Crippen molar-refractivity contribution >= 4 is 32.6 Å². The SMILES string of the molecule is CCS(=O)(=O)c1nn2c(C(=O)NOC)c(C)cnc2c1-c1nc2cc(C(F)(F)F)cnc2n1C. The minimum atomic E-state index is -4.64. The summed E-state index contributed by atoms with van der Waals surface area (Å²) in [6.07, 6.45) is -2.62. The Morgan fingerprint density at radius 1 is 1.21 bits per heavy atom. The van der Waals surface area contributed by atoms with Crippen LogP contribution in [-0.2, 0) is 27.9 Å². The number of carbonyl (C=O) groups excluding carboxylic acids is 1. The normalized spacial score (nSPS) is 12.6. The molecular weight excluding hydrogens is 479 g/mol. The van der Waals surface area contributed by atoms with Gasteiger partial charge in [-0.05, 0) is 18.6 Å². The zero-order chi connectivity index (χ0) is 25.0. The van der Waals surface area contributed by atoms with Crippen LogP contribution in [0.5, 0.6) is 0 Å². The fraction of sp³-hybridized carbons (Fsp3) is 0.316. The number of fused-ring (bicyclic) bond motifs is 2. The molecule has 15 heteroatoms. The summed E-state index contributed by atoms with van der Waals surface area (Å²) >= 11 is 0. The number of hydrogen-bond donors (Lipinski definition) is 1. The molecular formula is C19H18F3N7O4S. The molecule has 0 aromatic carbocycles. The van der Waals surface area contributed by atoms with Crippen molar-refractivity contribution in [3.63, 3.8) is 0 Å². The standard InChI is InChI=1S/C19H18F3N7O4S/c1-5-34(31,32)18-12(15-23-7-9(2)13(29(15)26-18)17(30)27-33-4)16-25-11-6-10(19(20,21)22)8-24-14(11)28(16)3/h6-8H,5H2,1-4H3,(H,27,30). The maximum Gasteiger partial charge on any atom is 0.417 e. The van der Waals surface area contributed by atoms with E-state index in [0.29, 0.717) is 11.8 Å². The summed E-state index contributed by atoms with van der Waals surface area (Å²) in [6, 6.07) is 0.820. The predicted molar refractivity (Wildman–Crippen MR) is 112 cm³/mol. The molecule has 1 amide bonds. The molecule has 1 N–H and O–H groups in total. The van der Waals surface area contributed by atoms with Crippen LogP contribution in [0.25, 0.3) is 28.2 Å². The summed E-state index contributed by atoms with van der Waals surface area (Å²) in [6.45, 7) is 2.98. The third kappa shape index (κ3) is 3.66. The van der Waals surface area contributed by atoms with Crippen LogP contribution in [-0.4, -0.2) is 56.3 Å². The lowest BCUT2D eigenvalue weighted by Gasteiger charge is -2.07. The van der Waals surface area contributed by atoms with E-state index in [-0.39, 0.29) is 39.6 Å². The van der Waals surface area contributed by atoms with Gasteiger partial charge in [-0.15, -0.1) is 0 Å². The van der Waals surface area contributed by atoms with Crippen LogP contribution < -0.4 is 5.48 Å². The lowest BCUT2D eigenvalue weighted by Crippen LogP contribution is -2.26. The van der Waals surface area contributed by atoms with Gasteiger partial charge in [0, 0.05) is 19.4 Å². The van der Waals surface area contributed by atoms with E-state index in [1.807, 2.05) is 0 Å². The molecule has 0 spiro atoms. The highest BCUT2D eigenvalue weighted by Crippen LogP contribution is 2.35. The minimum absolute atomic E-state index is 0.0293. The van der Waals surface area contributed by atoms with Gasteiger partial charge >= 0.3 is 6.18 Å². The van der Waals surface area contributed by atoms with Gasteiger partial charge in [-0.1, -0.05) is 6.92 Å². The van der Waals surface area contributed by atoms with Gasteiger partial charge in [-0.2, -0.15) is 18.3 Å². The van der Waals surface area contributed by atoms with Crippen molar-refractivity contribution in [1.82, 2.24) is 34.6 Å². The number of carbonyl (C=O) groups is 1. The minimum Gasteiger partial charge on any atom is -0.312 e. The topological polar surface area (TPSA) is 133 Å². The van der Waals surface area contributed by atoms with Crippen LogP contribution in [0.2, 0.25) is 0 Å². The number of alkyl halides is 3. The number of rotatable bonds is 5. The average molecular weight is 497 g/mol. The summed E-state index contributed by atoms with van der Waals surface area (Å²) in [5.74, 6) is -1.07. The van der Waals surface area contributed by atoms with Crippen molar-refractivity contribution in [3.8, 4) is 11.4 Å². The Bertz CT molecular complexity index is 1560. The van der Waals surface area contributed by atoms with Crippen molar-refractivity contribution in [3.05, 3.63) is 35.3 Å². The number of aromatic nitrogens is 6. The summed E-state index contributed by atoms with van der Waals surface area (Å²) < 4.78 is 67.8. The Morgan fingerprint density at radius 3 is 2.50 bits per heavy atom. The van der Waals surface area contributed by atoms with Gasteiger partial charge in [0.1, 0.15) is 22.6 Å². The Morgan fingerprint density at radius 2 is 1.88 bits per heavy atom. The molecule has 0 fully saturated rings. The first-order valence-electron chi connectivity index (χ1n) is 9.75. The number of nitrogens with zero attached hydrogens (tertiary/aromatic N) is 6. The van der Waals surface area contributed by atoms with Crippen LogP contribution in [0.1, 0.15) is 28.5 Å². The van der Waals surface area contributed by atoms with Crippen molar-refractivity contribution < 1.29 is 31.2 Å². The third-order valence-electron chi connectivity index (χ3n) is 5.14. The van der Waals surface area contributed by atoms with Gasteiger partial charge < -0.3 is 4.57 Å². The van der Waals surface area contributed by atoms with Crippen molar-refractivity contribution in [1.29, 1.82) is 0 Å². The van der Waals surface area contributed by atoms with Gasteiger partial charge in [0.25, 0.3) is 5.91 Å². The van der Waals surface area contributed by atoms with E-state index in [9.17, 15) is 26.4 Å². The van der Waals surface area contributed by atoms with E-state index in [1.54, 1.807) is 6.92 Å². The number of halogens is 3. The molecule has 34 heavy (non-hydrogen) atoms. The highest BCUT2D eigenvalue weighted by molar-refractivity contribution is 7.91. The number of hydroxylamine groups is 1. The van der Waals surface area contributed by atoms with Crippen LogP contribution in [0.4, 0.5) is 13.2 Å². The summed E-state index contributed by atoms with van der Waals surface area (Å²) in [5, 5.41) is 3.74. The second-order valence-electron chi connectivity index (χ2n) is 7.30. The number of sulfone groups is 1. The molecule has 0 aliphatic heterocycles. The van der Waals surface area contributed by atoms with E-state index in [0.717, 1.165) is 10.6 Å². The first-order chi connectivity index (χ1) is 15.9. The Balaban J connectivity index is 2.10. The maximum absolute atomic E-state index is 13.2. The second kappa shape index (κ2) is 8.02. The van der Waals surface area contributed by atoms with Crippen molar-refractivity contribution in [2.75, 3.05) is 12.9 Å².